The second kappa shape index (κ2) is 7.30. The average molecular weight is 407 g/mol. The molecule has 0 aliphatic carbocycles. The minimum atomic E-state index is -0.497. The first kappa shape index (κ1) is 19.6. The second-order valence-electron chi connectivity index (χ2n) is 8.57. The molecule has 0 N–H and O–H groups in total. The van der Waals surface area contributed by atoms with E-state index in [1.54, 1.807) is 18.3 Å². The number of fused-ring (bicyclic) bond motifs is 1. The Labute approximate surface area is 176 Å². The summed E-state index contributed by atoms with van der Waals surface area (Å²) in [6.07, 6.45) is -0.497. The van der Waals surface area contributed by atoms with Gasteiger partial charge in [-0.2, -0.15) is 0 Å². The predicted octanol–water partition coefficient (Wildman–Crippen LogP) is 5.73. The van der Waals surface area contributed by atoms with E-state index in [9.17, 15) is 4.79 Å². The molecular formula is C24H26N2O2S. The van der Waals surface area contributed by atoms with Crippen LogP contribution in [0.3, 0.4) is 0 Å². The van der Waals surface area contributed by atoms with Crippen LogP contribution in [0.4, 0.5) is 5.69 Å². The molecule has 150 valence electrons. The van der Waals surface area contributed by atoms with Gasteiger partial charge in [-0.25, -0.2) is 4.98 Å². The fourth-order valence-corrected chi connectivity index (χ4v) is 4.14. The molecule has 1 aromatic heterocycles. The van der Waals surface area contributed by atoms with Gasteiger partial charge in [-0.3, -0.25) is 4.79 Å². The summed E-state index contributed by atoms with van der Waals surface area (Å²) in [7, 11) is 0. The summed E-state index contributed by atoms with van der Waals surface area (Å²) >= 11 is 1.62. The molecule has 29 heavy (non-hydrogen) atoms. The number of hydrogen-bond donors (Lipinski definition) is 0. The van der Waals surface area contributed by atoms with Crippen molar-refractivity contribution in [2.75, 3.05) is 4.90 Å². The third kappa shape index (κ3) is 3.92. The van der Waals surface area contributed by atoms with Crippen LogP contribution in [0, 0.1) is 6.92 Å². The second-order valence-corrected chi connectivity index (χ2v) is 9.63. The van der Waals surface area contributed by atoms with Crippen LogP contribution in [-0.2, 0) is 16.8 Å². The smallest absolute Gasteiger partial charge is 0.268 e. The zero-order valence-corrected chi connectivity index (χ0v) is 18.3. The van der Waals surface area contributed by atoms with Crippen molar-refractivity contribution < 1.29 is 9.53 Å². The number of ether oxygens (including phenoxy) is 1. The van der Waals surface area contributed by atoms with Crippen molar-refractivity contribution in [2.45, 2.75) is 52.7 Å². The Hall–Kier alpha value is -2.66. The monoisotopic (exact) mass is 406 g/mol. The average Bonchev–Trinajstić information content (AvgIpc) is 3.11. The zero-order chi connectivity index (χ0) is 20.8. The van der Waals surface area contributed by atoms with Crippen LogP contribution in [-0.4, -0.2) is 17.0 Å². The van der Waals surface area contributed by atoms with Crippen molar-refractivity contribution in [3.05, 3.63) is 64.0 Å². The fraction of sp³-hybridized carbons (Fsp3) is 0.333. The van der Waals surface area contributed by atoms with Gasteiger partial charge in [0, 0.05) is 10.9 Å². The zero-order valence-electron chi connectivity index (χ0n) is 17.5. The number of anilines is 1. The lowest BCUT2D eigenvalue weighted by Crippen LogP contribution is -2.44. The molecule has 0 radical (unpaired) electrons. The van der Waals surface area contributed by atoms with Crippen molar-refractivity contribution >= 4 is 22.9 Å². The standard InChI is InChI=1S/C24H26N2O2S/c1-15-23(27)26(13-17-6-9-19(10-7-17)24(3,4)5)21-12-18(8-11-22(21)28-15)20-14-29-16(2)25-20/h6-12,14-15H,13H2,1-5H3. The van der Waals surface area contributed by atoms with Gasteiger partial charge in [0.05, 0.1) is 22.9 Å². The molecule has 1 aliphatic heterocycles. The molecule has 1 aliphatic rings. The number of aryl methyl sites for hydroxylation is 1. The number of amides is 1. The Morgan fingerprint density at radius 1 is 1.14 bits per heavy atom. The molecule has 4 rings (SSSR count). The first-order valence-electron chi connectivity index (χ1n) is 9.86. The van der Waals surface area contributed by atoms with Crippen molar-refractivity contribution in [2.24, 2.45) is 0 Å². The molecule has 0 spiro atoms. The van der Waals surface area contributed by atoms with Crippen molar-refractivity contribution in [1.29, 1.82) is 0 Å². The highest BCUT2D eigenvalue weighted by Crippen LogP contribution is 2.38. The Balaban J connectivity index is 1.69. The van der Waals surface area contributed by atoms with Crippen LogP contribution in [0.1, 0.15) is 43.8 Å². The third-order valence-corrected chi connectivity index (χ3v) is 6.02. The fourth-order valence-electron chi connectivity index (χ4n) is 3.52. The van der Waals surface area contributed by atoms with E-state index >= 15 is 0 Å². The maximum Gasteiger partial charge on any atom is 0.268 e. The van der Waals surface area contributed by atoms with Crippen LogP contribution >= 0.6 is 11.3 Å². The van der Waals surface area contributed by atoms with Gasteiger partial charge in [0.25, 0.3) is 5.91 Å². The Bertz CT molecular complexity index is 1050. The topological polar surface area (TPSA) is 42.4 Å². The molecule has 1 atom stereocenters. The van der Waals surface area contributed by atoms with Crippen LogP contribution in [0.15, 0.2) is 47.8 Å². The SMILES string of the molecule is Cc1nc(-c2ccc3c(c2)N(Cc2ccc(C(C)(C)C)cc2)C(=O)C(C)O3)cs1. The number of thiazole rings is 1. The lowest BCUT2D eigenvalue weighted by Gasteiger charge is -2.33. The number of carbonyl (C=O) groups excluding carboxylic acids is 1. The van der Waals surface area contributed by atoms with E-state index in [2.05, 4.69) is 50.0 Å². The lowest BCUT2D eigenvalue weighted by molar-refractivity contribution is -0.125. The lowest BCUT2D eigenvalue weighted by atomic mass is 9.86. The molecule has 0 saturated carbocycles. The summed E-state index contributed by atoms with van der Waals surface area (Å²) in [5, 5.41) is 3.07. The van der Waals surface area contributed by atoms with Gasteiger partial charge in [0.15, 0.2) is 6.10 Å². The Morgan fingerprint density at radius 2 is 1.86 bits per heavy atom. The molecule has 1 amide bonds. The van der Waals surface area contributed by atoms with Crippen LogP contribution in [0.25, 0.3) is 11.3 Å². The molecule has 1 unspecified atom stereocenters. The van der Waals surface area contributed by atoms with Crippen LogP contribution in [0.5, 0.6) is 5.75 Å². The Morgan fingerprint density at radius 3 is 2.48 bits per heavy atom. The van der Waals surface area contributed by atoms with Crippen LogP contribution in [0.2, 0.25) is 0 Å². The number of benzene rings is 2. The van der Waals surface area contributed by atoms with Crippen LogP contribution < -0.4 is 9.64 Å². The summed E-state index contributed by atoms with van der Waals surface area (Å²) in [6.45, 7) is 10.9. The summed E-state index contributed by atoms with van der Waals surface area (Å²) in [5.41, 5.74) is 5.21. The van der Waals surface area contributed by atoms with Crippen molar-refractivity contribution in [3.63, 3.8) is 0 Å². The number of aromatic nitrogens is 1. The summed E-state index contributed by atoms with van der Waals surface area (Å²) in [5.74, 6) is 0.711. The third-order valence-electron chi connectivity index (χ3n) is 5.24. The van der Waals surface area contributed by atoms with Gasteiger partial charge < -0.3 is 9.64 Å². The van der Waals surface area contributed by atoms with E-state index in [1.165, 1.54) is 5.56 Å². The van der Waals surface area contributed by atoms with Gasteiger partial charge in [-0.05, 0) is 48.6 Å². The molecular weight excluding hydrogens is 380 g/mol. The largest absolute Gasteiger partial charge is 0.479 e. The maximum absolute atomic E-state index is 13.0. The van der Waals surface area contributed by atoms with Crippen molar-refractivity contribution in [3.8, 4) is 17.0 Å². The number of carbonyl (C=O) groups is 1. The van der Waals surface area contributed by atoms with E-state index in [0.29, 0.717) is 6.54 Å². The quantitative estimate of drug-likeness (QED) is 0.558. The van der Waals surface area contributed by atoms with E-state index in [-0.39, 0.29) is 11.3 Å². The van der Waals surface area contributed by atoms with Gasteiger partial charge in [0.2, 0.25) is 0 Å². The molecule has 0 saturated heterocycles. The summed E-state index contributed by atoms with van der Waals surface area (Å²) < 4.78 is 5.86. The molecule has 0 fully saturated rings. The molecule has 4 nitrogen and oxygen atoms in total. The Kier molecular flexibility index (Phi) is 4.95. The molecule has 0 bridgehead atoms. The maximum atomic E-state index is 13.0. The van der Waals surface area contributed by atoms with E-state index in [0.717, 1.165) is 33.3 Å². The number of nitrogens with zero attached hydrogens (tertiary/aromatic N) is 2. The minimum Gasteiger partial charge on any atom is -0.479 e. The molecule has 5 heteroatoms. The first-order valence-corrected chi connectivity index (χ1v) is 10.7. The molecule has 3 aromatic rings. The van der Waals surface area contributed by atoms with Gasteiger partial charge in [0.1, 0.15) is 5.75 Å². The number of rotatable bonds is 3. The minimum absolute atomic E-state index is 0.0241. The predicted molar refractivity (Wildman–Crippen MR) is 119 cm³/mol. The van der Waals surface area contributed by atoms with Crippen molar-refractivity contribution in [1.82, 2.24) is 4.98 Å². The first-order chi connectivity index (χ1) is 13.7. The van der Waals surface area contributed by atoms with Gasteiger partial charge in [-0.15, -0.1) is 11.3 Å². The number of hydrogen-bond acceptors (Lipinski definition) is 4. The highest BCUT2D eigenvalue weighted by molar-refractivity contribution is 7.09. The van der Waals surface area contributed by atoms with E-state index in [4.69, 9.17) is 4.74 Å². The van der Waals surface area contributed by atoms with Gasteiger partial charge in [-0.1, -0.05) is 45.0 Å². The highest BCUT2D eigenvalue weighted by Gasteiger charge is 2.32. The van der Waals surface area contributed by atoms with Gasteiger partial charge >= 0.3 is 0 Å². The van der Waals surface area contributed by atoms with E-state index < -0.39 is 6.10 Å². The summed E-state index contributed by atoms with van der Waals surface area (Å²) in [6, 6.07) is 14.5. The normalized spacial score (nSPS) is 16.5. The molecule has 2 heterocycles. The van der Waals surface area contributed by atoms with E-state index in [1.807, 2.05) is 35.4 Å². The summed E-state index contributed by atoms with van der Waals surface area (Å²) in [4.78, 5) is 19.4. The molecule has 2 aromatic carbocycles. The highest BCUT2D eigenvalue weighted by atomic mass is 32.1.